The van der Waals surface area contributed by atoms with Gasteiger partial charge < -0.3 is 24.9 Å². The van der Waals surface area contributed by atoms with Gasteiger partial charge in [0.05, 0.1) is 25.3 Å². The van der Waals surface area contributed by atoms with E-state index in [1.165, 1.54) is 0 Å². The summed E-state index contributed by atoms with van der Waals surface area (Å²) >= 11 is 6.14. The minimum atomic E-state index is 0.179. The molecule has 126 valence electrons. The van der Waals surface area contributed by atoms with Gasteiger partial charge in [0.25, 0.3) is 0 Å². The molecule has 0 radical (unpaired) electrons. The molecule has 3 N–H and O–H groups in total. The molecular weight excluding hydrogens is 316 g/mol. The molecule has 0 atom stereocenters. The van der Waals surface area contributed by atoms with Crippen LogP contribution in [0.25, 0.3) is 11.3 Å². The molecular formula is C17H23ClN2O3. The number of hydrogen-bond acceptors (Lipinski definition) is 5. The molecule has 0 aliphatic carbocycles. The number of benzene rings is 1. The molecule has 1 aromatic carbocycles. The van der Waals surface area contributed by atoms with Crippen molar-refractivity contribution in [1.29, 1.82) is 0 Å². The average Bonchev–Trinajstić information content (AvgIpc) is 3.03. The fourth-order valence-corrected chi connectivity index (χ4v) is 2.46. The van der Waals surface area contributed by atoms with Crippen molar-refractivity contribution in [2.24, 2.45) is 0 Å². The first kappa shape index (κ1) is 17.8. The molecule has 0 unspecified atom stereocenters. The summed E-state index contributed by atoms with van der Waals surface area (Å²) in [5.41, 5.74) is 0.926. The van der Waals surface area contributed by atoms with Crippen LogP contribution < -0.4 is 15.4 Å². The van der Waals surface area contributed by atoms with Gasteiger partial charge in [-0.2, -0.15) is 0 Å². The highest BCUT2D eigenvalue weighted by molar-refractivity contribution is 6.32. The molecule has 0 aliphatic rings. The maximum absolute atomic E-state index is 8.65. The van der Waals surface area contributed by atoms with Gasteiger partial charge in [-0.25, -0.2) is 0 Å². The SMILES string of the molecule is COc1ccc(-c2ccc(CNCCCNCCO)o2)cc1Cl. The Balaban J connectivity index is 1.80. The van der Waals surface area contributed by atoms with Crippen LogP contribution in [-0.2, 0) is 6.54 Å². The first-order valence-corrected chi connectivity index (χ1v) is 8.07. The zero-order valence-electron chi connectivity index (χ0n) is 13.3. The van der Waals surface area contributed by atoms with E-state index in [4.69, 9.17) is 25.9 Å². The van der Waals surface area contributed by atoms with Crippen LogP contribution in [0.1, 0.15) is 12.2 Å². The molecule has 0 saturated heterocycles. The van der Waals surface area contributed by atoms with Gasteiger partial charge >= 0.3 is 0 Å². The zero-order valence-corrected chi connectivity index (χ0v) is 14.0. The van der Waals surface area contributed by atoms with Crippen LogP contribution in [0.2, 0.25) is 5.02 Å². The standard InChI is InChI=1S/C17H23ClN2O3/c1-22-17-5-3-13(11-15(17)18)16-6-4-14(23-16)12-20-8-2-7-19-9-10-21/h3-6,11,19-21H,2,7-10,12H2,1H3. The van der Waals surface area contributed by atoms with Crippen LogP contribution in [0.5, 0.6) is 5.75 Å². The maximum atomic E-state index is 8.65. The molecule has 2 rings (SSSR count). The second kappa shape index (κ2) is 9.57. The van der Waals surface area contributed by atoms with Crippen LogP contribution in [0.3, 0.4) is 0 Å². The van der Waals surface area contributed by atoms with Gasteiger partial charge in [-0.3, -0.25) is 0 Å². The predicted octanol–water partition coefficient (Wildman–Crippen LogP) is 2.67. The maximum Gasteiger partial charge on any atom is 0.137 e. The molecule has 1 aromatic heterocycles. The highest BCUT2D eigenvalue weighted by atomic mass is 35.5. The number of aliphatic hydroxyl groups excluding tert-OH is 1. The van der Waals surface area contributed by atoms with Crippen LogP contribution in [-0.4, -0.2) is 38.5 Å². The van der Waals surface area contributed by atoms with Crippen molar-refractivity contribution < 1.29 is 14.3 Å². The van der Waals surface area contributed by atoms with E-state index in [9.17, 15) is 0 Å². The van der Waals surface area contributed by atoms with Crippen LogP contribution in [0, 0.1) is 0 Å². The first-order chi connectivity index (χ1) is 11.2. The Morgan fingerprint density at radius 3 is 2.70 bits per heavy atom. The molecule has 0 amide bonds. The number of ether oxygens (including phenoxy) is 1. The Labute approximate surface area is 141 Å². The molecule has 0 aliphatic heterocycles. The number of nitrogens with one attached hydrogen (secondary N) is 2. The highest BCUT2D eigenvalue weighted by Crippen LogP contribution is 2.30. The lowest BCUT2D eigenvalue weighted by atomic mass is 10.2. The number of furan rings is 1. The lowest BCUT2D eigenvalue weighted by Crippen LogP contribution is -2.23. The summed E-state index contributed by atoms with van der Waals surface area (Å²) in [5.74, 6) is 2.32. The van der Waals surface area contributed by atoms with E-state index in [1.807, 2.05) is 30.3 Å². The Kier molecular flexibility index (Phi) is 7.42. The average molecular weight is 339 g/mol. The number of aliphatic hydroxyl groups is 1. The molecule has 0 saturated carbocycles. The summed E-state index contributed by atoms with van der Waals surface area (Å²) in [6.45, 7) is 3.29. The second-order valence-corrected chi connectivity index (χ2v) is 5.53. The van der Waals surface area contributed by atoms with Crippen LogP contribution >= 0.6 is 11.6 Å². The quantitative estimate of drug-likeness (QED) is 0.581. The van der Waals surface area contributed by atoms with E-state index < -0.39 is 0 Å². The first-order valence-electron chi connectivity index (χ1n) is 7.69. The molecule has 0 bridgehead atoms. The Bertz CT molecular complexity index is 601. The highest BCUT2D eigenvalue weighted by Gasteiger charge is 2.08. The largest absolute Gasteiger partial charge is 0.495 e. The molecule has 2 aromatic rings. The summed E-state index contributed by atoms with van der Waals surface area (Å²) in [7, 11) is 1.59. The van der Waals surface area contributed by atoms with Gasteiger partial charge in [0.2, 0.25) is 0 Å². The lowest BCUT2D eigenvalue weighted by Gasteiger charge is -2.05. The summed E-state index contributed by atoms with van der Waals surface area (Å²) in [5, 5.41) is 15.7. The fraction of sp³-hybridized carbons (Fsp3) is 0.412. The predicted molar refractivity (Wildman–Crippen MR) is 92.0 cm³/mol. The lowest BCUT2D eigenvalue weighted by molar-refractivity contribution is 0.292. The van der Waals surface area contributed by atoms with Crippen molar-refractivity contribution in [3.05, 3.63) is 41.1 Å². The van der Waals surface area contributed by atoms with Crippen molar-refractivity contribution >= 4 is 11.6 Å². The summed E-state index contributed by atoms with van der Waals surface area (Å²) in [6.07, 6.45) is 1.00. The molecule has 5 nitrogen and oxygen atoms in total. The van der Waals surface area contributed by atoms with Crippen LogP contribution in [0.15, 0.2) is 34.7 Å². The molecule has 0 spiro atoms. The summed E-state index contributed by atoms with van der Waals surface area (Å²) < 4.78 is 11.0. The van der Waals surface area contributed by atoms with E-state index in [1.54, 1.807) is 7.11 Å². The third kappa shape index (κ3) is 5.55. The Hall–Kier alpha value is -1.53. The minimum absolute atomic E-state index is 0.179. The topological polar surface area (TPSA) is 66.7 Å². The Morgan fingerprint density at radius 1 is 1.13 bits per heavy atom. The van der Waals surface area contributed by atoms with Gasteiger partial charge in [0.1, 0.15) is 17.3 Å². The monoisotopic (exact) mass is 338 g/mol. The minimum Gasteiger partial charge on any atom is -0.495 e. The number of hydrogen-bond donors (Lipinski definition) is 3. The van der Waals surface area contributed by atoms with E-state index in [-0.39, 0.29) is 6.61 Å². The zero-order chi connectivity index (χ0) is 16.5. The summed E-state index contributed by atoms with van der Waals surface area (Å²) in [6, 6.07) is 9.50. The number of halogens is 1. The van der Waals surface area contributed by atoms with Crippen molar-refractivity contribution in [3.63, 3.8) is 0 Å². The number of rotatable bonds is 10. The van der Waals surface area contributed by atoms with E-state index >= 15 is 0 Å². The van der Waals surface area contributed by atoms with E-state index in [0.717, 1.165) is 36.6 Å². The molecule has 23 heavy (non-hydrogen) atoms. The van der Waals surface area contributed by atoms with E-state index in [0.29, 0.717) is 23.9 Å². The van der Waals surface area contributed by atoms with Gasteiger partial charge in [-0.05, 0) is 49.8 Å². The van der Waals surface area contributed by atoms with Gasteiger partial charge in [0, 0.05) is 12.1 Å². The molecule has 6 heteroatoms. The smallest absolute Gasteiger partial charge is 0.137 e. The van der Waals surface area contributed by atoms with Crippen molar-refractivity contribution in [2.75, 3.05) is 33.4 Å². The van der Waals surface area contributed by atoms with Gasteiger partial charge in [-0.1, -0.05) is 11.6 Å². The van der Waals surface area contributed by atoms with Gasteiger partial charge in [-0.15, -0.1) is 0 Å². The summed E-state index contributed by atoms with van der Waals surface area (Å²) in [4.78, 5) is 0. The third-order valence-electron chi connectivity index (χ3n) is 3.39. The normalized spacial score (nSPS) is 10.9. The Morgan fingerprint density at radius 2 is 1.96 bits per heavy atom. The number of methoxy groups -OCH3 is 1. The van der Waals surface area contributed by atoms with Crippen LogP contribution in [0.4, 0.5) is 0 Å². The second-order valence-electron chi connectivity index (χ2n) is 5.12. The molecule has 0 fully saturated rings. The van der Waals surface area contributed by atoms with Crippen molar-refractivity contribution in [1.82, 2.24) is 10.6 Å². The third-order valence-corrected chi connectivity index (χ3v) is 3.69. The van der Waals surface area contributed by atoms with E-state index in [2.05, 4.69) is 10.6 Å². The van der Waals surface area contributed by atoms with Crippen molar-refractivity contribution in [3.8, 4) is 17.1 Å². The van der Waals surface area contributed by atoms with Crippen molar-refractivity contribution in [2.45, 2.75) is 13.0 Å². The van der Waals surface area contributed by atoms with Gasteiger partial charge in [0.15, 0.2) is 0 Å². The fourth-order valence-electron chi connectivity index (χ4n) is 2.20. The molecule has 1 heterocycles.